The van der Waals surface area contributed by atoms with Gasteiger partial charge in [0.05, 0.1) is 0 Å². The van der Waals surface area contributed by atoms with Crippen molar-refractivity contribution >= 4 is 34.1 Å². The normalized spacial score (nSPS) is 10.4. The Balaban J connectivity index is 1.78. The van der Waals surface area contributed by atoms with Crippen molar-refractivity contribution in [3.63, 3.8) is 0 Å². The van der Waals surface area contributed by atoms with Crippen molar-refractivity contribution in [2.75, 3.05) is 11.1 Å². The number of nitrogens with zero attached hydrogens (tertiary/aromatic N) is 2. The van der Waals surface area contributed by atoms with E-state index in [9.17, 15) is 4.79 Å². The fourth-order valence-electron chi connectivity index (χ4n) is 1.59. The highest BCUT2D eigenvalue weighted by Crippen LogP contribution is 2.25. The second kappa shape index (κ2) is 8.01. The largest absolute Gasteiger partial charge is 0.300 e. The number of hydrogen-bond donors (Lipinski definition) is 1. The maximum absolute atomic E-state index is 11.8. The molecule has 1 amide bonds. The van der Waals surface area contributed by atoms with Gasteiger partial charge in [-0.2, -0.15) is 0 Å². The number of thioether (sulfide) groups is 1. The van der Waals surface area contributed by atoms with Crippen LogP contribution in [-0.2, 0) is 11.2 Å². The van der Waals surface area contributed by atoms with Crippen molar-refractivity contribution in [2.45, 2.75) is 30.5 Å². The zero-order chi connectivity index (χ0) is 14.2. The summed E-state index contributed by atoms with van der Waals surface area (Å²) in [7, 11) is 0. The highest BCUT2D eigenvalue weighted by atomic mass is 32.2. The van der Waals surface area contributed by atoms with Gasteiger partial charge in [-0.1, -0.05) is 60.4 Å². The molecule has 0 aliphatic rings. The average Bonchev–Trinajstić information content (AvgIpc) is 2.91. The molecular weight excluding hydrogens is 290 g/mol. The number of carbonyl (C=O) groups excluding carboxylic acids is 1. The van der Waals surface area contributed by atoms with E-state index >= 15 is 0 Å². The van der Waals surface area contributed by atoms with Crippen molar-refractivity contribution in [1.29, 1.82) is 0 Å². The monoisotopic (exact) mass is 307 g/mol. The van der Waals surface area contributed by atoms with Gasteiger partial charge < -0.3 is 5.32 Å². The summed E-state index contributed by atoms with van der Waals surface area (Å²) in [6.45, 7) is 2.13. The van der Waals surface area contributed by atoms with Gasteiger partial charge in [-0.25, -0.2) is 0 Å². The van der Waals surface area contributed by atoms with Gasteiger partial charge in [0.1, 0.15) is 0 Å². The molecule has 0 atom stereocenters. The summed E-state index contributed by atoms with van der Waals surface area (Å²) in [6, 6.07) is 9.99. The Kier molecular flexibility index (Phi) is 6.01. The minimum absolute atomic E-state index is 0.0166. The van der Waals surface area contributed by atoms with Crippen molar-refractivity contribution < 1.29 is 4.79 Å². The van der Waals surface area contributed by atoms with E-state index in [1.54, 1.807) is 11.8 Å². The highest BCUT2D eigenvalue weighted by molar-refractivity contribution is 8.01. The summed E-state index contributed by atoms with van der Waals surface area (Å²) in [4.78, 5) is 11.8. The van der Waals surface area contributed by atoms with E-state index in [0.29, 0.717) is 11.6 Å². The molecular formula is C14H17N3OS2. The fourth-order valence-corrected chi connectivity index (χ4v) is 3.29. The third kappa shape index (κ3) is 4.94. The summed E-state index contributed by atoms with van der Waals surface area (Å²) in [5.41, 5.74) is 1.17. The number of anilines is 1. The van der Waals surface area contributed by atoms with Crippen LogP contribution < -0.4 is 5.32 Å². The molecule has 20 heavy (non-hydrogen) atoms. The zero-order valence-electron chi connectivity index (χ0n) is 11.3. The van der Waals surface area contributed by atoms with E-state index in [0.717, 1.165) is 22.9 Å². The van der Waals surface area contributed by atoms with Crippen molar-refractivity contribution in [3.05, 3.63) is 35.9 Å². The van der Waals surface area contributed by atoms with Crippen molar-refractivity contribution in [3.8, 4) is 0 Å². The smallest absolute Gasteiger partial charge is 0.226 e. The van der Waals surface area contributed by atoms with Crippen LogP contribution in [0.25, 0.3) is 0 Å². The predicted octanol–water partition coefficient (Wildman–Crippen LogP) is 3.61. The first-order valence-corrected chi connectivity index (χ1v) is 8.38. The Morgan fingerprint density at radius 1 is 1.30 bits per heavy atom. The van der Waals surface area contributed by atoms with Gasteiger partial charge in [0.15, 0.2) is 4.34 Å². The molecule has 0 saturated carbocycles. The van der Waals surface area contributed by atoms with Gasteiger partial charge in [-0.05, 0) is 18.4 Å². The average molecular weight is 307 g/mol. The van der Waals surface area contributed by atoms with Crippen LogP contribution in [0.15, 0.2) is 34.7 Å². The maximum atomic E-state index is 11.8. The topological polar surface area (TPSA) is 54.9 Å². The molecule has 0 aliphatic heterocycles. The number of aromatic nitrogens is 2. The summed E-state index contributed by atoms with van der Waals surface area (Å²) in [6.07, 6.45) is 2.30. The van der Waals surface area contributed by atoms with Crippen molar-refractivity contribution in [2.24, 2.45) is 0 Å². The van der Waals surface area contributed by atoms with Crippen LogP contribution in [0.5, 0.6) is 0 Å². The molecule has 6 heteroatoms. The predicted molar refractivity (Wildman–Crippen MR) is 84.3 cm³/mol. The first kappa shape index (κ1) is 15.0. The van der Waals surface area contributed by atoms with Crippen LogP contribution in [0.2, 0.25) is 0 Å². The Labute approximate surface area is 127 Å². The van der Waals surface area contributed by atoms with Gasteiger partial charge >= 0.3 is 0 Å². The SMILES string of the molecule is CCCSc1nnc(NC(=O)CCc2ccccc2)s1. The van der Waals surface area contributed by atoms with Crippen LogP contribution in [-0.4, -0.2) is 21.9 Å². The molecule has 2 rings (SSSR count). The lowest BCUT2D eigenvalue weighted by Crippen LogP contribution is -2.12. The Hall–Kier alpha value is -1.40. The first-order chi connectivity index (χ1) is 9.78. The van der Waals surface area contributed by atoms with Gasteiger partial charge in [-0.15, -0.1) is 10.2 Å². The molecule has 1 aromatic carbocycles. The molecule has 0 saturated heterocycles. The number of benzene rings is 1. The van der Waals surface area contributed by atoms with Crippen molar-refractivity contribution in [1.82, 2.24) is 10.2 Å². The molecule has 0 aliphatic carbocycles. The molecule has 1 N–H and O–H groups in total. The highest BCUT2D eigenvalue weighted by Gasteiger charge is 2.08. The van der Waals surface area contributed by atoms with Gasteiger partial charge in [0, 0.05) is 12.2 Å². The lowest BCUT2D eigenvalue weighted by Gasteiger charge is -2.01. The van der Waals surface area contributed by atoms with E-state index in [1.807, 2.05) is 30.3 Å². The Bertz CT molecular complexity index is 542. The zero-order valence-corrected chi connectivity index (χ0v) is 13.0. The van der Waals surface area contributed by atoms with Crippen LogP contribution in [0.1, 0.15) is 25.3 Å². The third-order valence-corrected chi connectivity index (χ3v) is 4.74. The van der Waals surface area contributed by atoms with Crippen LogP contribution in [0.3, 0.4) is 0 Å². The molecule has 0 fully saturated rings. The summed E-state index contributed by atoms with van der Waals surface area (Å²) in [5.74, 6) is 1.01. The van der Waals surface area contributed by atoms with Crippen LogP contribution in [0, 0.1) is 0 Å². The molecule has 0 unspecified atom stereocenters. The second-order valence-corrected chi connectivity index (χ2v) is 6.57. The van der Waals surface area contributed by atoms with Gasteiger partial charge in [0.25, 0.3) is 0 Å². The molecule has 1 aromatic heterocycles. The number of rotatable bonds is 7. The molecule has 4 nitrogen and oxygen atoms in total. The van der Waals surface area contributed by atoms with E-state index in [-0.39, 0.29) is 5.91 Å². The lowest BCUT2D eigenvalue weighted by molar-refractivity contribution is -0.116. The number of nitrogens with one attached hydrogen (secondary N) is 1. The number of amides is 1. The van der Waals surface area contributed by atoms with Gasteiger partial charge in [0.2, 0.25) is 11.0 Å². The summed E-state index contributed by atoms with van der Waals surface area (Å²) in [5, 5.41) is 11.4. The standard InChI is InChI=1S/C14H17N3OS2/c1-2-10-19-14-17-16-13(20-14)15-12(18)9-8-11-6-4-3-5-7-11/h3-7H,2,8-10H2,1H3,(H,15,16,18). The Morgan fingerprint density at radius 3 is 2.85 bits per heavy atom. The quantitative estimate of drug-likeness (QED) is 0.627. The molecule has 0 radical (unpaired) electrons. The molecule has 0 bridgehead atoms. The number of aryl methyl sites for hydroxylation is 1. The molecule has 2 aromatic rings. The Morgan fingerprint density at radius 2 is 2.10 bits per heavy atom. The van der Waals surface area contributed by atoms with E-state index in [1.165, 1.54) is 16.9 Å². The minimum Gasteiger partial charge on any atom is -0.300 e. The maximum Gasteiger partial charge on any atom is 0.226 e. The molecule has 0 spiro atoms. The number of hydrogen-bond acceptors (Lipinski definition) is 5. The summed E-state index contributed by atoms with van der Waals surface area (Å²) < 4.78 is 0.908. The number of carbonyl (C=O) groups is 1. The first-order valence-electron chi connectivity index (χ1n) is 6.58. The van der Waals surface area contributed by atoms with Crippen LogP contribution in [0.4, 0.5) is 5.13 Å². The van der Waals surface area contributed by atoms with Crippen LogP contribution >= 0.6 is 23.1 Å². The fraction of sp³-hybridized carbons (Fsp3) is 0.357. The summed E-state index contributed by atoms with van der Waals surface area (Å²) >= 11 is 3.10. The molecule has 1 heterocycles. The van der Waals surface area contributed by atoms with E-state index < -0.39 is 0 Å². The van der Waals surface area contributed by atoms with Gasteiger partial charge in [-0.3, -0.25) is 4.79 Å². The van der Waals surface area contributed by atoms with E-state index in [4.69, 9.17) is 0 Å². The lowest BCUT2D eigenvalue weighted by atomic mass is 10.1. The molecule has 106 valence electrons. The minimum atomic E-state index is -0.0166. The second-order valence-electron chi connectivity index (χ2n) is 4.26. The third-order valence-electron chi connectivity index (χ3n) is 2.57. The van der Waals surface area contributed by atoms with E-state index in [2.05, 4.69) is 22.4 Å².